The van der Waals surface area contributed by atoms with Gasteiger partial charge in [-0.3, -0.25) is 10.1 Å². The summed E-state index contributed by atoms with van der Waals surface area (Å²) in [5.41, 5.74) is 1.26. The Morgan fingerprint density at radius 3 is 2.76 bits per heavy atom. The molecule has 1 aromatic heterocycles. The van der Waals surface area contributed by atoms with Crippen molar-refractivity contribution in [3.8, 4) is 0 Å². The summed E-state index contributed by atoms with van der Waals surface area (Å²) in [6.07, 6.45) is 4.40. The lowest BCUT2D eigenvalue weighted by atomic mass is 9.89. The number of ether oxygens (including phenoxy) is 1. The van der Waals surface area contributed by atoms with E-state index in [1.165, 1.54) is 11.3 Å². The van der Waals surface area contributed by atoms with Crippen molar-refractivity contribution >= 4 is 38.6 Å². The molecule has 1 saturated heterocycles. The minimum Gasteiger partial charge on any atom is -0.459 e. The summed E-state index contributed by atoms with van der Waals surface area (Å²) in [6.45, 7) is 10.3. The van der Waals surface area contributed by atoms with Crippen molar-refractivity contribution < 1.29 is 9.53 Å². The summed E-state index contributed by atoms with van der Waals surface area (Å²) in [4.78, 5) is 23.5. The predicted octanol–water partition coefficient (Wildman–Crippen LogP) is 5.16. The number of fused-ring (bicyclic) bond motifs is 1. The largest absolute Gasteiger partial charge is 0.459 e. The van der Waals surface area contributed by atoms with Gasteiger partial charge in [-0.1, -0.05) is 31.6 Å². The number of benzene rings is 1. The van der Waals surface area contributed by atoms with Crippen LogP contribution in [0.4, 0.5) is 5.13 Å². The van der Waals surface area contributed by atoms with Gasteiger partial charge in [0.05, 0.1) is 10.2 Å². The number of amidine groups is 1. The number of carbonyl (C=O) groups excluding carboxylic acids is 1. The van der Waals surface area contributed by atoms with Gasteiger partial charge in [-0.2, -0.15) is 0 Å². The van der Waals surface area contributed by atoms with Crippen LogP contribution in [0.2, 0.25) is 0 Å². The molecule has 2 aromatic rings. The maximum atomic E-state index is 12.7. The highest BCUT2D eigenvalue weighted by Crippen LogP contribution is 2.29. The number of nitrogens with one attached hydrogen (secondary N) is 1. The van der Waals surface area contributed by atoms with Gasteiger partial charge < -0.3 is 9.64 Å². The standard InChI is InChI=1S/C22H32N4O2S/c1-6-9-15(2)22(3,4)28-20(23-5)25-21-24-17-11-10-16(14-18(17)29-21)19(27)26-12-7-8-13-26/h10-11,14-15H,6-9,12-13H2,1-5H3,(H,23,24,25). The molecule has 0 radical (unpaired) electrons. The second-order valence-electron chi connectivity index (χ2n) is 8.25. The number of nitrogens with zero attached hydrogens (tertiary/aromatic N) is 3. The van der Waals surface area contributed by atoms with Crippen molar-refractivity contribution in [2.24, 2.45) is 10.9 Å². The molecule has 1 atom stereocenters. The number of amides is 1. The maximum Gasteiger partial charge on any atom is 0.291 e. The van der Waals surface area contributed by atoms with Gasteiger partial charge in [-0.05, 0) is 57.2 Å². The first kappa shape index (κ1) is 21.6. The van der Waals surface area contributed by atoms with Crippen molar-refractivity contribution in [3.05, 3.63) is 23.8 Å². The molecule has 1 aromatic carbocycles. The summed E-state index contributed by atoms with van der Waals surface area (Å²) in [5, 5.41) is 3.93. The van der Waals surface area contributed by atoms with Crippen LogP contribution in [0.1, 0.15) is 63.7 Å². The van der Waals surface area contributed by atoms with Gasteiger partial charge in [0.15, 0.2) is 5.13 Å². The molecule has 1 unspecified atom stereocenters. The van der Waals surface area contributed by atoms with E-state index < -0.39 is 0 Å². The van der Waals surface area contributed by atoms with Crippen LogP contribution < -0.4 is 5.32 Å². The van der Waals surface area contributed by atoms with E-state index in [0.717, 1.165) is 54.6 Å². The Morgan fingerprint density at radius 1 is 1.38 bits per heavy atom. The van der Waals surface area contributed by atoms with E-state index in [0.29, 0.717) is 17.1 Å². The fraction of sp³-hybridized carbons (Fsp3) is 0.591. The van der Waals surface area contributed by atoms with E-state index in [1.54, 1.807) is 7.05 Å². The lowest BCUT2D eigenvalue weighted by Crippen LogP contribution is -2.37. The Labute approximate surface area is 177 Å². The SMILES string of the molecule is CCCC(C)C(C)(C)OC(=NC)Nc1nc2ccc(C(=O)N3CCCC3)cc2s1. The molecular weight excluding hydrogens is 384 g/mol. The van der Waals surface area contributed by atoms with E-state index >= 15 is 0 Å². The molecule has 0 saturated carbocycles. The lowest BCUT2D eigenvalue weighted by molar-refractivity contribution is 0.0348. The van der Waals surface area contributed by atoms with Gasteiger partial charge in [-0.25, -0.2) is 9.98 Å². The van der Waals surface area contributed by atoms with Gasteiger partial charge in [0, 0.05) is 25.7 Å². The van der Waals surface area contributed by atoms with E-state index in [2.05, 4.69) is 43.0 Å². The highest BCUT2D eigenvalue weighted by Gasteiger charge is 2.29. The quantitative estimate of drug-likeness (QED) is 0.522. The Bertz CT molecular complexity index is 884. The zero-order valence-electron chi connectivity index (χ0n) is 18.1. The number of carbonyl (C=O) groups is 1. The zero-order chi connectivity index (χ0) is 21.0. The highest BCUT2D eigenvalue weighted by atomic mass is 32.1. The van der Waals surface area contributed by atoms with Crippen molar-refractivity contribution in [1.29, 1.82) is 0 Å². The van der Waals surface area contributed by atoms with Crippen LogP contribution in [0.5, 0.6) is 0 Å². The van der Waals surface area contributed by atoms with E-state index in [-0.39, 0.29) is 11.5 Å². The van der Waals surface area contributed by atoms with Crippen LogP contribution in [0, 0.1) is 5.92 Å². The number of hydrogen-bond acceptors (Lipinski definition) is 5. The minimum atomic E-state index is -0.330. The Hall–Kier alpha value is -2.15. The molecule has 2 heterocycles. The Kier molecular flexibility index (Phi) is 6.77. The first-order valence-electron chi connectivity index (χ1n) is 10.5. The van der Waals surface area contributed by atoms with Crippen LogP contribution in [-0.2, 0) is 4.74 Å². The number of aliphatic imine (C=N–C) groups is 1. The molecule has 3 rings (SSSR count). The molecular formula is C22H32N4O2S. The average molecular weight is 417 g/mol. The maximum absolute atomic E-state index is 12.7. The number of hydrogen-bond donors (Lipinski definition) is 1. The van der Waals surface area contributed by atoms with Crippen molar-refractivity contribution in [2.45, 2.75) is 59.0 Å². The topological polar surface area (TPSA) is 66.8 Å². The minimum absolute atomic E-state index is 0.109. The molecule has 1 fully saturated rings. The van der Waals surface area contributed by atoms with Gasteiger partial charge in [0.25, 0.3) is 11.9 Å². The number of rotatable bonds is 6. The third kappa shape index (κ3) is 5.07. The van der Waals surface area contributed by atoms with Gasteiger partial charge >= 0.3 is 0 Å². The second kappa shape index (κ2) is 9.11. The number of thiazole rings is 1. The van der Waals surface area contributed by atoms with Gasteiger partial charge in [0.2, 0.25) is 0 Å². The van der Waals surface area contributed by atoms with Crippen LogP contribution in [0.15, 0.2) is 23.2 Å². The zero-order valence-corrected chi connectivity index (χ0v) is 18.9. The molecule has 1 amide bonds. The first-order valence-corrected chi connectivity index (χ1v) is 11.3. The van der Waals surface area contributed by atoms with Gasteiger partial charge in [0.1, 0.15) is 5.60 Å². The third-order valence-corrected chi connectivity index (χ3v) is 6.65. The molecule has 6 nitrogen and oxygen atoms in total. The van der Waals surface area contributed by atoms with Crippen LogP contribution in [-0.4, -0.2) is 47.6 Å². The average Bonchev–Trinajstić information content (AvgIpc) is 3.35. The molecule has 1 aliphatic rings. The van der Waals surface area contributed by atoms with E-state index in [1.807, 2.05) is 23.1 Å². The summed E-state index contributed by atoms with van der Waals surface area (Å²) < 4.78 is 7.15. The van der Waals surface area contributed by atoms with E-state index in [4.69, 9.17) is 4.74 Å². The fourth-order valence-corrected chi connectivity index (χ4v) is 4.46. The van der Waals surface area contributed by atoms with Crippen LogP contribution in [0.25, 0.3) is 10.2 Å². The van der Waals surface area contributed by atoms with E-state index in [9.17, 15) is 4.79 Å². The molecule has 0 spiro atoms. The Morgan fingerprint density at radius 2 is 2.10 bits per heavy atom. The summed E-state index contributed by atoms with van der Waals surface area (Å²) in [6, 6.07) is 6.19. The van der Waals surface area contributed by atoms with Crippen molar-refractivity contribution in [3.63, 3.8) is 0 Å². The first-order chi connectivity index (χ1) is 13.8. The molecule has 1 N–H and O–H groups in total. The van der Waals surface area contributed by atoms with Crippen LogP contribution >= 0.6 is 11.3 Å². The molecule has 7 heteroatoms. The molecule has 0 bridgehead atoms. The molecule has 29 heavy (non-hydrogen) atoms. The molecule has 158 valence electrons. The second-order valence-corrected chi connectivity index (χ2v) is 9.28. The highest BCUT2D eigenvalue weighted by molar-refractivity contribution is 7.22. The smallest absolute Gasteiger partial charge is 0.291 e. The molecule has 0 aliphatic carbocycles. The van der Waals surface area contributed by atoms with Gasteiger partial charge in [-0.15, -0.1) is 0 Å². The lowest BCUT2D eigenvalue weighted by Gasteiger charge is -2.32. The van der Waals surface area contributed by atoms with Crippen molar-refractivity contribution in [2.75, 3.05) is 25.5 Å². The summed E-state index contributed by atoms with van der Waals surface area (Å²) in [7, 11) is 1.71. The summed E-state index contributed by atoms with van der Waals surface area (Å²) >= 11 is 1.51. The normalized spacial score (nSPS) is 16.3. The Balaban J connectivity index is 1.73. The third-order valence-electron chi connectivity index (χ3n) is 5.71. The number of likely N-dealkylation sites (tertiary alicyclic amines) is 1. The van der Waals surface area contributed by atoms with Crippen molar-refractivity contribution in [1.82, 2.24) is 9.88 Å². The molecule has 1 aliphatic heterocycles. The monoisotopic (exact) mass is 416 g/mol. The predicted molar refractivity (Wildman–Crippen MR) is 121 cm³/mol. The number of anilines is 1. The summed E-state index contributed by atoms with van der Waals surface area (Å²) in [5.74, 6) is 0.513. The van der Waals surface area contributed by atoms with Crippen LogP contribution in [0.3, 0.4) is 0 Å². The number of aromatic nitrogens is 1. The fourth-order valence-electron chi connectivity index (χ4n) is 3.56.